The van der Waals surface area contributed by atoms with Gasteiger partial charge in [0.15, 0.2) is 11.6 Å². The van der Waals surface area contributed by atoms with Crippen LogP contribution in [0.2, 0.25) is 0 Å². The van der Waals surface area contributed by atoms with E-state index in [1.807, 2.05) is 0 Å². The van der Waals surface area contributed by atoms with E-state index < -0.39 is 5.79 Å². The van der Waals surface area contributed by atoms with Crippen LogP contribution in [-0.4, -0.2) is 58.0 Å². The molecule has 2 fully saturated rings. The molecule has 0 aliphatic carbocycles. The normalized spacial score (nSPS) is 19.1. The summed E-state index contributed by atoms with van der Waals surface area (Å²) in [5, 5.41) is 6.91. The second-order valence-corrected chi connectivity index (χ2v) is 6.53. The summed E-state index contributed by atoms with van der Waals surface area (Å²) >= 11 is 0. The van der Waals surface area contributed by atoms with Crippen molar-refractivity contribution in [1.29, 1.82) is 0 Å². The van der Waals surface area contributed by atoms with Gasteiger partial charge in [-0.3, -0.25) is 4.79 Å². The molecular weight excluding hydrogens is 338 g/mol. The van der Waals surface area contributed by atoms with Crippen molar-refractivity contribution in [3.63, 3.8) is 0 Å². The Morgan fingerprint density at radius 2 is 1.85 bits per heavy atom. The molecule has 2 aromatic heterocycles. The zero-order valence-electron chi connectivity index (χ0n) is 14.8. The lowest BCUT2D eigenvalue weighted by Gasteiger charge is -2.37. The number of carbonyl (C=O) groups excluding carboxylic acids is 1. The summed E-state index contributed by atoms with van der Waals surface area (Å²) in [6, 6.07) is 3.39. The third kappa shape index (κ3) is 3.40. The van der Waals surface area contributed by atoms with Crippen LogP contribution >= 0.6 is 0 Å². The highest BCUT2D eigenvalue weighted by Gasteiger charge is 2.41. The van der Waals surface area contributed by atoms with Gasteiger partial charge in [-0.1, -0.05) is 5.16 Å². The van der Waals surface area contributed by atoms with Crippen LogP contribution in [0.5, 0.6) is 0 Å². The number of piperidine rings is 1. The molecule has 0 unspecified atom stereocenters. The monoisotopic (exact) mass is 359 g/mol. The molecular formula is C17H21N5O4. The summed E-state index contributed by atoms with van der Waals surface area (Å²) < 4.78 is 16.5. The molecule has 4 rings (SSSR count). The van der Waals surface area contributed by atoms with Crippen LogP contribution in [0.25, 0.3) is 0 Å². The van der Waals surface area contributed by atoms with Crippen LogP contribution in [0, 0.1) is 13.8 Å². The van der Waals surface area contributed by atoms with Crippen molar-refractivity contribution >= 4 is 17.5 Å². The maximum absolute atomic E-state index is 12.9. The van der Waals surface area contributed by atoms with Crippen LogP contribution in [0.1, 0.15) is 34.9 Å². The number of aromatic nitrogens is 3. The van der Waals surface area contributed by atoms with E-state index in [4.69, 9.17) is 14.0 Å². The molecule has 4 heterocycles. The molecule has 9 nitrogen and oxygen atoms in total. The maximum Gasteiger partial charge on any atom is 0.272 e. The third-order valence-corrected chi connectivity index (χ3v) is 4.57. The first-order valence-corrected chi connectivity index (χ1v) is 8.66. The molecule has 2 aliphatic rings. The quantitative estimate of drug-likeness (QED) is 0.885. The van der Waals surface area contributed by atoms with Gasteiger partial charge in [-0.2, -0.15) is 0 Å². The van der Waals surface area contributed by atoms with Gasteiger partial charge in [0, 0.05) is 38.1 Å². The van der Waals surface area contributed by atoms with Gasteiger partial charge in [-0.25, -0.2) is 9.97 Å². The number of likely N-dealkylation sites (tertiary alicyclic amines) is 1. The topological polar surface area (TPSA) is 103 Å². The maximum atomic E-state index is 12.9. The fourth-order valence-electron chi connectivity index (χ4n) is 3.30. The molecule has 9 heteroatoms. The van der Waals surface area contributed by atoms with Gasteiger partial charge in [0.05, 0.1) is 13.2 Å². The zero-order chi connectivity index (χ0) is 18.1. The molecule has 0 atom stereocenters. The lowest BCUT2D eigenvalue weighted by atomic mass is 10.0. The Kier molecular flexibility index (Phi) is 4.33. The van der Waals surface area contributed by atoms with Crippen molar-refractivity contribution in [2.24, 2.45) is 0 Å². The van der Waals surface area contributed by atoms with Gasteiger partial charge in [-0.05, 0) is 13.8 Å². The molecule has 2 aromatic rings. The molecule has 0 aromatic carbocycles. The number of anilines is 2. The summed E-state index contributed by atoms with van der Waals surface area (Å²) in [6.45, 7) is 5.95. The van der Waals surface area contributed by atoms with Gasteiger partial charge < -0.3 is 24.2 Å². The number of hydrogen-bond donors (Lipinski definition) is 1. The predicted molar refractivity (Wildman–Crippen MR) is 91.1 cm³/mol. The highest BCUT2D eigenvalue weighted by atomic mass is 16.7. The smallest absolute Gasteiger partial charge is 0.272 e. The lowest BCUT2D eigenvalue weighted by Crippen LogP contribution is -2.47. The van der Waals surface area contributed by atoms with Crippen LogP contribution in [0.15, 0.2) is 16.7 Å². The van der Waals surface area contributed by atoms with Gasteiger partial charge >= 0.3 is 0 Å². The minimum atomic E-state index is -0.504. The minimum absolute atomic E-state index is 0.122. The molecule has 1 N–H and O–H groups in total. The van der Waals surface area contributed by atoms with Crippen molar-refractivity contribution in [2.75, 3.05) is 31.6 Å². The van der Waals surface area contributed by atoms with E-state index in [0.29, 0.717) is 68.1 Å². The highest BCUT2D eigenvalue weighted by Crippen LogP contribution is 2.31. The standard InChI is InChI=1S/C17H21N5O4/c1-11-9-15(21-26-11)20-14-10-13(18-12(2)19-14)16(23)22-5-3-17(4-6-22)24-7-8-25-17/h9-10H,3-8H2,1-2H3,(H,18,19,20,21). The van der Waals surface area contributed by atoms with Crippen LogP contribution in [0.4, 0.5) is 11.6 Å². The first-order valence-electron chi connectivity index (χ1n) is 8.66. The fourth-order valence-corrected chi connectivity index (χ4v) is 3.30. The average molecular weight is 359 g/mol. The average Bonchev–Trinajstić information content (AvgIpc) is 3.24. The molecule has 0 radical (unpaired) electrons. The summed E-state index contributed by atoms with van der Waals surface area (Å²) in [5.41, 5.74) is 0.351. The first-order chi connectivity index (χ1) is 12.5. The highest BCUT2D eigenvalue weighted by molar-refractivity contribution is 5.93. The number of carbonyl (C=O) groups is 1. The summed E-state index contributed by atoms with van der Waals surface area (Å²) in [7, 11) is 0. The van der Waals surface area contributed by atoms with E-state index in [1.165, 1.54) is 0 Å². The number of hydrogen-bond acceptors (Lipinski definition) is 8. The van der Waals surface area contributed by atoms with E-state index in [0.717, 1.165) is 0 Å². The SMILES string of the molecule is Cc1nc(Nc2cc(C)on2)cc(C(=O)N2CCC3(CC2)OCCO3)n1. The van der Waals surface area contributed by atoms with Gasteiger partial charge in [0.25, 0.3) is 5.91 Å². The number of amides is 1. The number of nitrogens with zero attached hydrogens (tertiary/aromatic N) is 4. The third-order valence-electron chi connectivity index (χ3n) is 4.57. The Morgan fingerprint density at radius 1 is 1.12 bits per heavy atom. The predicted octanol–water partition coefficient (Wildman–Crippen LogP) is 1.80. The van der Waals surface area contributed by atoms with Crippen molar-refractivity contribution < 1.29 is 18.8 Å². The summed E-state index contributed by atoms with van der Waals surface area (Å²) in [5.74, 6) is 1.61. The second kappa shape index (κ2) is 6.65. The Hall–Kier alpha value is -2.52. The molecule has 1 spiro atoms. The first kappa shape index (κ1) is 16.9. The van der Waals surface area contributed by atoms with Crippen molar-refractivity contribution in [3.05, 3.63) is 29.4 Å². The van der Waals surface area contributed by atoms with Crippen LogP contribution in [-0.2, 0) is 9.47 Å². The number of aryl methyl sites for hydroxylation is 2. The van der Waals surface area contributed by atoms with Crippen LogP contribution in [0.3, 0.4) is 0 Å². The van der Waals surface area contributed by atoms with E-state index in [2.05, 4.69) is 20.4 Å². The summed E-state index contributed by atoms with van der Waals surface area (Å²) in [4.78, 5) is 23.2. The van der Waals surface area contributed by atoms with Gasteiger partial charge in [0.2, 0.25) is 0 Å². The van der Waals surface area contributed by atoms with E-state index in [1.54, 1.807) is 30.9 Å². The molecule has 2 saturated heterocycles. The van der Waals surface area contributed by atoms with E-state index >= 15 is 0 Å². The second-order valence-electron chi connectivity index (χ2n) is 6.53. The number of nitrogens with one attached hydrogen (secondary N) is 1. The fraction of sp³-hybridized carbons (Fsp3) is 0.529. The van der Waals surface area contributed by atoms with Gasteiger partial charge in [-0.15, -0.1) is 0 Å². The van der Waals surface area contributed by atoms with Crippen molar-refractivity contribution in [1.82, 2.24) is 20.0 Å². The van der Waals surface area contributed by atoms with Gasteiger partial charge in [0.1, 0.15) is 23.1 Å². The Morgan fingerprint density at radius 3 is 2.50 bits per heavy atom. The van der Waals surface area contributed by atoms with Crippen molar-refractivity contribution in [2.45, 2.75) is 32.5 Å². The molecule has 0 saturated carbocycles. The molecule has 2 aliphatic heterocycles. The summed E-state index contributed by atoms with van der Waals surface area (Å²) in [6.07, 6.45) is 1.35. The van der Waals surface area contributed by atoms with Crippen molar-refractivity contribution in [3.8, 4) is 0 Å². The molecule has 0 bridgehead atoms. The number of rotatable bonds is 3. The molecule has 26 heavy (non-hydrogen) atoms. The Labute approximate surface area is 150 Å². The Bertz CT molecular complexity index is 805. The lowest BCUT2D eigenvalue weighted by molar-refractivity contribution is -0.181. The minimum Gasteiger partial charge on any atom is -0.360 e. The molecule has 1 amide bonds. The van der Waals surface area contributed by atoms with E-state index in [9.17, 15) is 4.79 Å². The zero-order valence-corrected chi connectivity index (χ0v) is 14.8. The number of ether oxygens (including phenoxy) is 2. The Balaban J connectivity index is 1.47. The largest absolute Gasteiger partial charge is 0.360 e. The van der Waals surface area contributed by atoms with Crippen LogP contribution < -0.4 is 5.32 Å². The van der Waals surface area contributed by atoms with E-state index in [-0.39, 0.29) is 5.91 Å². The molecule has 138 valence electrons.